The predicted molar refractivity (Wildman–Crippen MR) is 94.2 cm³/mol. The Morgan fingerprint density at radius 2 is 2.13 bits per heavy atom. The lowest BCUT2D eigenvalue weighted by molar-refractivity contribution is -0.384. The van der Waals surface area contributed by atoms with Crippen LogP contribution in [0, 0.1) is 13.7 Å². The Hall–Kier alpha value is -2.49. The Labute approximate surface area is 144 Å². The van der Waals surface area contributed by atoms with Crippen LogP contribution in [0.1, 0.15) is 0 Å². The number of hydrogen-bond acceptors (Lipinski definition) is 4. The van der Waals surface area contributed by atoms with Gasteiger partial charge in [-0.05, 0) is 46.9 Å². The number of benzene rings is 2. The fourth-order valence-corrected chi connectivity index (χ4v) is 2.74. The number of non-ortho nitro benzene ring substituents is 1. The summed E-state index contributed by atoms with van der Waals surface area (Å²) in [5, 5.41) is 18.5. The molecule has 3 aromatic rings. The van der Waals surface area contributed by atoms with Gasteiger partial charge in [-0.1, -0.05) is 6.07 Å². The van der Waals surface area contributed by atoms with E-state index in [1.807, 2.05) is 18.2 Å². The van der Waals surface area contributed by atoms with Crippen molar-refractivity contribution in [2.45, 2.75) is 6.54 Å². The lowest BCUT2D eigenvalue weighted by Crippen LogP contribution is -2.19. The Kier molecular flexibility index (Phi) is 4.24. The van der Waals surface area contributed by atoms with Crippen LogP contribution in [0.5, 0.6) is 0 Å². The minimum absolute atomic E-state index is 0.0177. The molecule has 0 atom stereocenters. The molecule has 0 spiro atoms. The SMILES string of the molecule is O=C(Cn1ncc2ccc([N+](=O)[O-])cc21)Nc1cccc(I)c1. The van der Waals surface area contributed by atoms with Crippen LogP contribution >= 0.6 is 22.6 Å². The van der Waals surface area contributed by atoms with E-state index in [1.54, 1.807) is 18.3 Å². The molecule has 8 heteroatoms. The van der Waals surface area contributed by atoms with E-state index in [2.05, 4.69) is 33.0 Å². The number of nitro benzene ring substituents is 1. The predicted octanol–water partition coefficient (Wildman–Crippen LogP) is 3.19. The molecule has 0 aliphatic rings. The van der Waals surface area contributed by atoms with Gasteiger partial charge >= 0.3 is 0 Å². The molecular formula is C15H11IN4O3. The smallest absolute Gasteiger partial charge is 0.271 e. The molecule has 3 rings (SSSR count). The highest BCUT2D eigenvalue weighted by atomic mass is 127. The highest BCUT2D eigenvalue weighted by Crippen LogP contribution is 2.20. The van der Waals surface area contributed by atoms with Gasteiger partial charge in [0.2, 0.25) is 5.91 Å². The normalized spacial score (nSPS) is 10.7. The van der Waals surface area contributed by atoms with Gasteiger partial charge in [0, 0.05) is 26.8 Å². The number of carbonyl (C=O) groups excluding carboxylic acids is 1. The number of nitrogens with one attached hydrogen (secondary N) is 1. The molecule has 7 nitrogen and oxygen atoms in total. The van der Waals surface area contributed by atoms with Gasteiger partial charge in [0.15, 0.2) is 0 Å². The monoisotopic (exact) mass is 422 g/mol. The number of nitrogens with zero attached hydrogens (tertiary/aromatic N) is 3. The molecule has 23 heavy (non-hydrogen) atoms. The second-order valence-corrected chi connectivity index (χ2v) is 6.11. The van der Waals surface area contributed by atoms with E-state index < -0.39 is 4.92 Å². The molecule has 0 radical (unpaired) electrons. The van der Waals surface area contributed by atoms with E-state index in [9.17, 15) is 14.9 Å². The van der Waals surface area contributed by atoms with Crippen LogP contribution in [0.4, 0.5) is 11.4 Å². The lowest BCUT2D eigenvalue weighted by Gasteiger charge is -2.06. The van der Waals surface area contributed by atoms with E-state index in [0.717, 1.165) is 8.96 Å². The van der Waals surface area contributed by atoms with Crippen molar-refractivity contribution in [1.29, 1.82) is 0 Å². The largest absolute Gasteiger partial charge is 0.324 e. The van der Waals surface area contributed by atoms with Crippen molar-refractivity contribution in [3.63, 3.8) is 0 Å². The van der Waals surface area contributed by atoms with Crippen molar-refractivity contribution in [2.75, 3.05) is 5.32 Å². The highest BCUT2D eigenvalue weighted by molar-refractivity contribution is 14.1. The van der Waals surface area contributed by atoms with Crippen LogP contribution in [0.25, 0.3) is 10.9 Å². The molecule has 0 unspecified atom stereocenters. The molecule has 116 valence electrons. The third-order valence-corrected chi connectivity index (χ3v) is 3.91. The quantitative estimate of drug-likeness (QED) is 0.397. The van der Waals surface area contributed by atoms with Crippen LogP contribution in [-0.2, 0) is 11.3 Å². The zero-order chi connectivity index (χ0) is 16.4. The second-order valence-electron chi connectivity index (χ2n) is 4.86. The van der Waals surface area contributed by atoms with Crippen molar-refractivity contribution in [3.8, 4) is 0 Å². The fraction of sp³-hybridized carbons (Fsp3) is 0.0667. The van der Waals surface area contributed by atoms with Gasteiger partial charge < -0.3 is 5.32 Å². The van der Waals surface area contributed by atoms with Gasteiger partial charge in [-0.15, -0.1) is 0 Å². The first-order chi connectivity index (χ1) is 11.0. The van der Waals surface area contributed by atoms with Crippen molar-refractivity contribution >= 4 is 50.8 Å². The molecule has 1 heterocycles. The minimum atomic E-state index is -0.469. The Morgan fingerprint density at radius 3 is 2.87 bits per heavy atom. The number of amides is 1. The van der Waals surface area contributed by atoms with Crippen LogP contribution < -0.4 is 5.32 Å². The van der Waals surface area contributed by atoms with E-state index in [0.29, 0.717) is 11.2 Å². The summed E-state index contributed by atoms with van der Waals surface area (Å²) >= 11 is 2.16. The van der Waals surface area contributed by atoms with E-state index in [4.69, 9.17) is 0 Å². The lowest BCUT2D eigenvalue weighted by atomic mass is 10.2. The second kappa shape index (κ2) is 6.32. The number of carbonyl (C=O) groups is 1. The first kappa shape index (κ1) is 15.4. The third-order valence-electron chi connectivity index (χ3n) is 3.24. The van der Waals surface area contributed by atoms with Crippen molar-refractivity contribution < 1.29 is 9.72 Å². The van der Waals surface area contributed by atoms with Gasteiger partial charge in [-0.25, -0.2) is 0 Å². The van der Waals surface area contributed by atoms with E-state index in [-0.39, 0.29) is 18.1 Å². The molecular weight excluding hydrogens is 411 g/mol. The van der Waals surface area contributed by atoms with Gasteiger partial charge in [-0.3, -0.25) is 19.6 Å². The molecule has 1 amide bonds. The molecule has 0 aliphatic heterocycles. The molecule has 2 aromatic carbocycles. The standard InChI is InChI=1S/C15H11IN4O3/c16-11-2-1-3-12(6-11)18-15(21)9-19-14-7-13(20(22)23)5-4-10(14)8-17-19/h1-8H,9H2,(H,18,21). The van der Waals surface area contributed by atoms with Gasteiger partial charge in [0.25, 0.3) is 5.69 Å². The third kappa shape index (κ3) is 3.47. The molecule has 0 saturated heterocycles. The number of hydrogen-bond donors (Lipinski definition) is 1. The zero-order valence-corrected chi connectivity index (χ0v) is 13.9. The maximum Gasteiger partial charge on any atom is 0.271 e. The van der Waals surface area contributed by atoms with Crippen molar-refractivity contribution in [2.24, 2.45) is 0 Å². The summed E-state index contributed by atoms with van der Waals surface area (Å²) in [6.07, 6.45) is 1.58. The number of aromatic nitrogens is 2. The van der Waals surface area contributed by atoms with Gasteiger partial charge in [0.1, 0.15) is 6.54 Å². The first-order valence-electron chi connectivity index (χ1n) is 6.68. The zero-order valence-electron chi connectivity index (χ0n) is 11.8. The minimum Gasteiger partial charge on any atom is -0.324 e. The van der Waals surface area contributed by atoms with Crippen molar-refractivity contribution in [1.82, 2.24) is 9.78 Å². The number of anilines is 1. The molecule has 0 fully saturated rings. The number of fused-ring (bicyclic) bond motifs is 1. The maximum atomic E-state index is 12.1. The number of nitro groups is 1. The summed E-state index contributed by atoms with van der Waals surface area (Å²) < 4.78 is 2.46. The Balaban J connectivity index is 1.82. The topological polar surface area (TPSA) is 90.1 Å². The summed E-state index contributed by atoms with van der Waals surface area (Å²) in [5.41, 5.74) is 1.22. The van der Waals surface area contributed by atoms with E-state index >= 15 is 0 Å². The summed E-state index contributed by atoms with van der Waals surface area (Å²) in [4.78, 5) is 22.5. The van der Waals surface area contributed by atoms with Gasteiger partial charge in [-0.2, -0.15) is 5.10 Å². The van der Waals surface area contributed by atoms with Gasteiger partial charge in [0.05, 0.1) is 16.6 Å². The maximum absolute atomic E-state index is 12.1. The number of rotatable bonds is 4. The summed E-state index contributed by atoms with van der Waals surface area (Å²) in [6, 6.07) is 11.9. The molecule has 0 saturated carbocycles. The molecule has 1 aromatic heterocycles. The summed E-state index contributed by atoms with van der Waals surface area (Å²) in [6.45, 7) is -0.0177. The van der Waals surface area contributed by atoms with Crippen LogP contribution in [0.15, 0.2) is 48.7 Å². The molecule has 1 N–H and O–H groups in total. The van der Waals surface area contributed by atoms with Crippen LogP contribution in [0.3, 0.4) is 0 Å². The molecule has 0 aliphatic carbocycles. The van der Waals surface area contributed by atoms with E-state index in [1.165, 1.54) is 16.8 Å². The van der Waals surface area contributed by atoms with Crippen LogP contribution in [-0.4, -0.2) is 20.6 Å². The summed E-state index contributed by atoms with van der Waals surface area (Å²) in [5.74, 6) is -0.247. The first-order valence-corrected chi connectivity index (χ1v) is 7.76. The Bertz CT molecular complexity index is 907. The highest BCUT2D eigenvalue weighted by Gasteiger charge is 2.12. The average molecular weight is 422 g/mol. The Morgan fingerprint density at radius 1 is 1.30 bits per heavy atom. The average Bonchev–Trinajstić information content (AvgIpc) is 2.89. The van der Waals surface area contributed by atoms with Crippen LogP contribution in [0.2, 0.25) is 0 Å². The summed E-state index contributed by atoms with van der Waals surface area (Å²) in [7, 11) is 0. The van der Waals surface area contributed by atoms with Crippen molar-refractivity contribution in [3.05, 3.63) is 62.3 Å². The fourth-order valence-electron chi connectivity index (χ4n) is 2.20. The number of halogens is 1. The molecule has 0 bridgehead atoms.